The summed E-state index contributed by atoms with van der Waals surface area (Å²) in [5, 5.41) is 23.2. The van der Waals surface area contributed by atoms with Gasteiger partial charge in [0.05, 0.1) is 22.8 Å². The van der Waals surface area contributed by atoms with Crippen LogP contribution in [0.5, 0.6) is 0 Å². The van der Waals surface area contributed by atoms with Crippen molar-refractivity contribution in [1.29, 1.82) is 0 Å². The molecule has 4 rings (SSSR count). The Morgan fingerprint density at radius 3 is 2.46 bits per heavy atom. The molecule has 0 saturated heterocycles. The van der Waals surface area contributed by atoms with E-state index >= 15 is 0 Å². The zero-order chi connectivity index (χ0) is 25.2. The average molecular weight is 511 g/mol. The van der Waals surface area contributed by atoms with E-state index in [9.17, 15) is 23.3 Å². The number of non-ortho nitro benzene ring substituents is 1. The second-order valence-corrected chi connectivity index (χ2v) is 9.34. The molecule has 3 aromatic carbocycles. The number of carbonyl (C=O) groups excluding carboxylic acids is 1. The number of nitrogens with zero attached hydrogens (tertiary/aromatic N) is 3. The number of nitrogens with one attached hydrogen (secondary N) is 2. The van der Waals surface area contributed by atoms with E-state index in [1.807, 2.05) is 30.3 Å². The van der Waals surface area contributed by atoms with Crippen molar-refractivity contribution in [3.05, 3.63) is 94.0 Å². The molecule has 178 valence electrons. The molecule has 4 N–H and O–H groups in total. The first-order valence-corrected chi connectivity index (χ1v) is 12.0. The maximum absolute atomic E-state index is 13.2. The summed E-state index contributed by atoms with van der Waals surface area (Å²) >= 11 is 5.19. The number of nitro groups is 1. The molecule has 0 unspecified atom stereocenters. The molecule has 0 radical (unpaired) electrons. The van der Waals surface area contributed by atoms with Gasteiger partial charge >= 0.3 is 0 Å². The first-order valence-electron chi connectivity index (χ1n) is 10.1. The zero-order valence-electron chi connectivity index (χ0n) is 17.9. The lowest BCUT2D eigenvalue weighted by atomic mass is 10.1. The number of hydrazone groups is 1. The summed E-state index contributed by atoms with van der Waals surface area (Å²) in [6, 6.07) is 19.2. The van der Waals surface area contributed by atoms with Gasteiger partial charge in [0, 0.05) is 17.7 Å². The van der Waals surface area contributed by atoms with E-state index in [2.05, 4.69) is 15.8 Å². The number of primary sulfonamides is 1. The minimum absolute atomic E-state index is 0.0801. The fourth-order valence-electron chi connectivity index (χ4n) is 3.52. The van der Waals surface area contributed by atoms with Gasteiger partial charge in [0.15, 0.2) is 10.8 Å². The number of hydrogen-bond donors (Lipinski definition) is 3. The quantitative estimate of drug-likeness (QED) is 0.259. The Morgan fingerprint density at radius 2 is 1.77 bits per heavy atom. The molecule has 0 saturated carbocycles. The van der Waals surface area contributed by atoms with Crippen LogP contribution in [-0.4, -0.2) is 30.1 Å². The number of sulfonamides is 1. The summed E-state index contributed by atoms with van der Waals surface area (Å²) in [4.78, 5) is 25.3. The van der Waals surface area contributed by atoms with Gasteiger partial charge in [-0.1, -0.05) is 42.5 Å². The Labute approximate surface area is 205 Å². The molecule has 3 aromatic rings. The number of carbonyl (C=O) groups is 1. The van der Waals surface area contributed by atoms with Crippen molar-refractivity contribution < 1.29 is 18.1 Å². The van der Waals surface area contributed by atoms with Gasteiger partial charge < -0.3 is 10.2 Å². The third-order valence-corrected chi connectivity index (χ3v) is 6.24. The molecular formula is C22H18N6O5S2. The number of nitro benzene ring substituents is 1. The van der Waals surface area contributed by atoms with Crippen LogP contribution in [0, 0.1) is 10.1 Å². The first-order chi connectivity index (χ1) is 16.6. The third kappa shape index (κ3) is 5.16. The van der Waals surface area contributed by atoms with E-state index in [0.717, 1.165) is 5.56 Å². The van der Waals surface area contributed by atoms with E-state index in [0.29, 0.717) is 5.69 Å². The third-order valence-electron chi connectivity index (χ3n) is 5.08. The number of rotatable bonds is 6. The molecule has 0 fully saturated rings. The molecule has 0 aromatic heterocycles. The van der Waals surface area contributed by atoms with E-state index < -0.39 is 20.9 Å². The number of amides is 1. The standard InChI is InChI=1S/C22H18N6O5S2/c23-35(32,33)19-9-5-4-8-17(19)24-22(34)26-25-20-16-12-15(28(30)31)10-11-18(16)27(21(20)29)13-14-6-2-1-3-7-14/h1-12H,13H2,(H2,23,32,33)(H2,24,26,34). The Hall–Kier alpha value is -4.20. The molecule has 13 heteroatoms. The summed E-state index contributed by atoms with van der Waals surface area (Å²) in [5.74, 6) is -0.482. The van der Waals surface area contributed by atoms with Gasteiger partial charge in [-0.15, -0.1) is 0 Å². The van der Waals surface area contributed by atoms with Gasteiger partial charge in [-0.25, -0.2) is 13.6 Å². The van der Waals surface area contributed by atoms with Crippen molar-refractivity contribution >= 4 is 56.0 Å². The fraction of sp³-hybridized carbons (Fsp3) is 0.0455. The minimum Gasteiger partial charge on any atom is -0.330 e. The van der Waals surface area contributed by atoms with Crippen LogP contribution in [0.25, 0.3) is 0 Å². The van der Waals surface area contributed by atoms with Crippen LogP contribution >= 0.6 is 12.2 Å². The number of anilines is 2. The number of fused-ring (bicyclic) bond motifs is 1. The number of hydrogen-bond acceptors (Lipinski definition) is 7. The molecule has 0 spiro atoms. The molecule has 1 aliphatic heterocycles. The van der Waals surface area contributed by atoms with Crippen LogP contribution in [0.4, 0.5) is 17.1 Å². The lowest BCUT2D eigenvalue weighted by molar-refractivity contribution is -0.384. The Bertz CT molecular complexity index is 1470. The predicted molar refractivity (Wildman–Crippen MR) is 134 cm³/mol. The maximum Gasteiger partial charge on any atom is 0.279 e. The summed E-state index contributed by atoms with van der Waals surface area (Å²) in [6.45, 7) is 0.230. The monoisotopic (exact) mass is 510 g/mol. The number of para-hydroxylation sites is 1. The van der Waals surface area contributed by atoms with Gasteiger partial charge in [-0.05, 0) is 36.0 Å². The second-order valence-electron chi connectivity index (χ2n) is 7.40. The molecule has 1 heterocycles. The highest BCUT2D eigenvalue weighted by atomic mass is 32.2. The number of benzene rings is 3. The van der Waals surface area contributed by atoms with Gasteiger partial charge in [-0.2, -0.15) is 5.10 Å². The highest BCUT2D eigenvalue weighted by molar-refractivity contribution is 7.89. The van der Waals surface area contributed by atoms with Crippen LogP contribution in [0.1, 0.15) is 11.1 Å². The number of thiocarbonyl (C=S) groups is 1. The minimum atomic E-state index is -4.02. The van der Waals surface area contributed by atoms with Crippen molar-refractivity contribution in [3.63, 3.8) is 0 Å². The maximum atomic E-state index is 13.2. The Balaban J connectivity index is 1.63. The molecular weight excluding hydrogens is 492 g/mol. The molecule has 1 amide bonds. The normalized spacial score (nSPS) is 14.0. The number of nitrogens with two attached hydrogens (primary N) is 1. The van der Waals surface area contributed by atoms with Crippen molar-refractivity contribution in [2.45, 2.75) is 11.4 Å². The van der Waals surface area contributed by atoms with Crippen molar-refractivity contribution in [2.75, 3.05) is 10.2 Å². The van der Waals surface area contributed by atoms with Crippen molar-refractivity contribution in [3.8, 4) is 0 Å². The predicted octanol–water partition coefficient (Wildman–Crippen LogP) is 2.48. The SMILES string of the molecule is NS(=O)(=O)c1ccccc1NC(=S)NN=C1C(=O)N(Cc2ccccc2)c2ccc([N+](=O)[O-])cc21. The molecule has 0 aliphatic carbocycles. The largest absolute Gasteiger partial charge is 0.330 e. The van der Waals surface area contributed by atoms with Gasteiger partial charge in [0.2, 0.25) is 10.0 Å². The van der Waals surface area contributed by atoms with Crippen LogP contribution in [-0.2, 0) is 21.4 Å². The lowest BCUT2D eigenvalue weighted by Gasteiger charge is -2.16. The van der Waals surface area contributed by atoms with Crippen molar-refractivity contribution in [2.24, 2.45) is 10.2 Å². The molecule has 1 aliphatic rings. The lowest BCUT2D eigenvalue weighted by Crippen LogP contribution is -2.32. The summed E-state index contributed by atoms with van der Waals surface area (Å²) in [6.07, 6.45) is 0. The molecule has 0 atom stereocenters. The average Bonchev–Trinajstić information content (AvgIpc) is 3.08. The summed E-state index contributed by atoms with van der Waals surface area (Å²) < 4.78 is 23.6. The van der Waals surface area contributed by atoms with Crippen molar-refractivity contribution in [1.82, 2.24) is 5.43 Å². The Kier molecular flexibility index (Phi) is 6.55. The van der Waals surface area contributed by atoms with E-state index in [-0.39, 0.29) is 39.2 Å². The first kappa shape index (κ1) is 23.9. The smallest absolute Gasteiger partial charge is 0.279 e. The van der Waals surface area contributed by atoms with Gasteiger partial charge in [0.1, 0.15) is 4.90 Å². The molecule has 35 heavy (non-hydrogen) atoms. The summed E-state index contributed by atoms with van der Waals surface area (Å²) in [7, 11) is -4.02. The topological polar surface area (TPSA) is 160 Å². The van der Waals surface area contributed by atoms with Gasteiger partial charge in [0.25, 0.3) is 11.6 Å². The van der Waals surface area contributed by atoms with E-state index in [1.165, 1.54) is 41.3 Å². The second kappa shape index (κ2) is 9.58. The highest BCUT2D eigenvalue weighted by Gasteiger charge is 2.35. The van der Waals surface area contributed by atoms with Crippen LogP contribution < -0.4 is 20.8 Å². The van der Waals surface area contributed by atoms with Crippen LogP contribution in [0.15, 0.2) is 82.8 Å². The zero-order valence-corrected chi connectivity index (χ0v) is 19.5. The van der Waals surface area contributed by atoms with Crippen LogP contribution in [0.2, 0.25) is 0 Å². The fourth-order valence-corrected chi connectivity index (χ4v) is 4.37. The Morgan fingerprint density at radius 1 is 1.09 bits per heavy atom. The summed E-state index contributed by atoms with van der Waals surface area (Å²) in [5.41, 5.74) is 3.93. The van der Waals surface area contributed by atoms with E-state index in [1.54, 1.807) is 6.07 Å². The van der Waals surface area contributed by atoms with Gasteiger partial charge in [-0.3, -0.25) is 20.3 Å². The molecule has 0 bridgehead atoms. The highest BCUT2D eigenvalue weighted by Crippen LogP contribution is 2.33. The van der Waals surface area contributed by atoms with E-state index in [4.69, 9.17) is 17.4 Å². The molecule has 11 nitrogen and oxygen atoms in total. The van der Waals surface area contributed by atoms with Crippen LogP contribution in [0.3, 0.4) is 0 Å².